The second kappa shape index (κ2) is 18.0. The summed E-state index contributed by atoms with van der Waals surface area (Å²) in [5, 5.41) is 7.67. The Kier molecular flexibility index (Phi) is 12.3. The number of piperidine rings is 2. The average Bonchev–Trinajstić information content (AvgIpc) is 3.90. The Morgan fingerprint density at radius 1 is 1.00 bits per heavy atom. The number of amides is 1. The largest absolute Gasteiger partial charge is 0.370 e. The van der Waals surface area contributed by atoms with Gasteiger partial charge in [-0.2, -0.15) is 4.98 Å². The van der Waals surface area contributed by atoms with Gasteiger partial charge in [0.2, 0.25) is 11.9 Å². The molecule has 2 N–H and O–H groups in total. The number of aromatic nitrogens is 5. The number of thioether (sulfide) groups is 1. The van der Waals surface area contributed by atoms with Crippen LogP contribution in [0.15, 0.2) is 69.2 Å². The summed E-state index contributed by atoms with van der Waals surface area (Å²) in [5.74, 6) is 0.941. The van der Waals surface area contributed by atoms with E-state index in [1.165, 1.54) is 50.1 Å². The number of pyridine rings is 1. The zero-order chi connectivity index (χ0) is 43.0. The molecule has 62 heavy (non-hydrogen) atoms. The number of carbonyl (C=O) groups is 2. The molecule has 13 nitrogen and oxygen atoms in total. The molecule has 9 rings (SSSR count). The molecule has 2 saturated carbocycles. The SMILES string of the molecule is CNC(=O)C(CCC=O)n1c(=O)n(C)c2c(N3CCC(CCN4CCC5(CC4)CC(Sc4ccc(Nc6ncc7ccc(=O)n(C8CCCC8)c7n6)c(C)c4)C5)CC3)cccc21. The molecular formula is C48H61N9O4S. The third-order valence-electron chi connectivity index (χ3n) is 14.7. The molecule has 0 radical (unpaired) electrons. The molecule has 2 aromatic carbocycles. The predicted molar refractivity (Wildman–Crippen MR) is 248 cm³/mol. The Morgan fingerprint density at radius 3 is 2.50 bits per heavy atom. The molecule has 328 valence electrons. The number of likely N-dealkylation sites (N-methyl/N-ethyl adjacent to an activating group) is 1. The quantitative estimate of drug-likeness (QED) is 0.108. The van der Waals surface area contributed by atoms with Gasteiger partial charge in [-0.1, -0.05) is 18.9 Å². The molecule has 5 aromatic rings. The normalized spacial score (nSPS) is 19.3. The Labute approximate surface area is 367 Å². The third-order valence-corrected chi connectivity index (χ3v) is 15.8. The van der Waals surface area contributed by atoms with Crippen molar-refractivity contribution in [2.24, 2.45) is 18.4 Å². The molecular weight excluding hydrogens is 799 g/mol. The van der Waals surface area contributed by atoms with Crippen LogP contribution in [0.2, 0.25) is 0 Å². The maximum Gasteiger partial charge on any atom is 0.329 e. The van der Waals surface area contributed by atoms with Crippen molar-refractivity contribution >= 4 is 63.3 Å². The van der Waals surface area contributed by atoms with Gasteiger partial charge in [0, 0.05) is 73.1 Å². The minimum Gasteiger partial charge on any atom is -0.370 e. The van der Waals surface area contributed by atoms with Crippen molar-refractivity contribution in [3.05, 3.63) is 81.1 Å². The van der Waals surface area contributed by atoms with E-state index in [0.717, 1.165) is 97.8 Å². The van der Waals surface area contributed by atoms with Gasteiger partial charge in [-0.25, -0.2) is 9.78 Å². The first kappa shape index (κ1) is 42.4. The lowest BCUT2D eigenvalue weighted by atomic mass is 9.63. The van der Waals surface area contributed by atoms with Crippen LogP contribution in [0.3, 0.4) is 0 Å². The molecule has 5 heterocycles. The summed E-state index contributed by atoms with van der Waals surface area (Å²) in [5.41, 5.74) is 5.75. The van der Waals surface area contributed by atoms with Gasteiger partial charge in [-0.15, -0.1) is 11.8 Å². The number of hydrogen-bond donors (Lipinski definition) is 2. The van der Waals surface area contributed by atoms with Crippen LogP contribution in [-0.2, 0) is 16.6 Å². The first-order valence-corrected chi connectivity index (χ1v) is 23.8. The van der Waals surface area contributed by atoms with Crippen LogP contribution in [-0.4, -0.2) is 85.8 Å². The fourth-order valence-corrected chi connectivity index (χ4v) is 12.6. The second-order valence-corrected chi connectivity index (χ2v) is 19.9. The highest BCUT2D eigenvalue weighted by molar-refractivity contribution is 8.00. The molecule has 4 aliphatic rings. The molecule has 1 atom stereocenters. The van der Waals surface area contributed by atoms with E-state index in [1.54, 1.807) is 29.3 Å². The van der Waals surface area contributed by atoms with Crippen LogP contribution >= 0.6 is 11.8 Å². The maximum atomic E-state index is 13.5. The van der Waals surface area contributed by atoms with Crippen LogP contribution in [0.1, 0.15) is 101 Å². The molecule has 14 heteroatoms. The summed E-state index contributed by atoms with van der Waals surface area (Å²) in [6.07, 6.45) is 16.1. The predicted octanol–water partition coefficient (Wildman–Crippen LogP) is 7.52. The average molecular weight is 860 g/mol. The van der Waals surface area contributed by atoms with Crippen molar-refractivity contribution in [1.29, 1.82) is 0 Å². The molecule has 1 spiro atoms. The molecule has 2 saturated heterocycles. The van der Waals surface area contributed by atoms with Crippen molar-refractivity contribution in [2.45, 2.75) is 113 Å². The second-order valence-electron chi connectivity index (χ2n) is 18.5. The number of likely N-dealkylation sites (tertiary alicyclic amines) is 1. The highest BCUT2D eigenvalue weighted by Crippen LogP contribution is 2.55. The van der Waals surface area contributed by atoms with Gasteiger partial charge < -0.3 is 25.2 Å². The van der Waals surface area contributed by atoms with Crippen molar-refractivity contribution in [2.75, 3.05) is 50.0 Å². The number of imidazole rings is 1. The molecule has 1 unspecified atom stereocenters. The minimum atomic E-state index is -0.737. The number of aldehydes is 1. The molecule has 0 bridgehead atoms. The summed E-state index contributed by atoms with van der Waals surface area (Å²) in [7, 11) is 3.35. The third kappa shape index (κ3) is 8.44. The standard InChI is InChI=1S/C48H61N9O4S/c1-32-28-36(14-15-38(32)51-46-50-31-34-13-16-42(59)56(44(34)52-46)35-8-4-5-9-35)62-37-29-48(30-37)20-25-54(26-21-48)22-17-33-18-23-55(24-19-33)39-10-6-11-40-43(39)53(3)47(61)57(40)41(12-7-27-58)45(60)49-2/h6,10-11,13-16,27-28,31,33,35,37,41H,4-5,7-9,12,17-26,29-30H2,1-3H3,(H,49,60)(H,50,51,52). The van der Waals surface area contributed by atoms with E-state index in [4.69, 9.17) is 4.98 Å². The van der Waals surface area contributed by atoms with Crippen molar-refractivity contribution < 1.29 is 9.59 Å². The number of anilines is 3. The molecule has 1 amide bonds. The number of nitrogens with zero attached hydrogens (tertiary/aromatic N) is 7. The maximum absolute atomic E-state index is 13.5. The summed E-state index contributed by atoms with van der Waals surface area (Å²) >= 11 is 2.02. The Morgan fingerprint density at radius 2 is 1.77 bits per heavy atom. The molecule has 4 fully saturated rings. The Balaban J connectivity index is 0.734. The van der Waals surface area contributed by atoms with Crippen molar-refractivity contribution in [1.82, 2.24) is 33.9 Å². The van der Waals surface area contributed by atoms with E-state index >= 15 is 0 Å². The van der Waals surface area contributed by atoms with Gasteiger partial charge in [0.15, 0.2) is 0 Å². The number of rotatable bonds is 14. The number of carbonyl (C=O) groups excluding carboxylic acids is 2. The van der Waals surface area contributed by atoms with E-state index in [1.807, 2.05) is 40.7 Å². The zero-order valence-corrected chi connectivity index (χ0v) is 37.3. The summed E-state index contributed by atoms with van der Waals surface area (Å²) in [6, 6.07) is 15.6. The van der Waals surface area contributed by atoms with E-state index < -0.39 is 6.04 Å². The van der Waals surface area contributed by atoms with Gasteiger partial charge in [0.05, 0.1) is 16.7 Å². The van der Waals surface area contributed by atoms with Crippen LogP contribution in [0.5, 0.6) is 0 Å². The number of benzene rings is 2. The number of aryl methyl sites for hydroxylation is 2. The smallest absolute Gasteiger partial charge is 0.329 e. The van der Waals surface area contributed by atoms with Crippen LogP contribution in [0.4, 0.5) is 17.3 Å². The Hall–Kier alpha value is -4.95. The van der Waals surface area contributed by atoms with E-state index in [-0.39, 0.29) is 36.0 Å². The summed E-state index contributed by atoms with van der Waals surface area (Å²) < 4.78 is 5.11. The molecule has 3 aromatic heterocycles. The summed E-state index contributed by atoms with van der Waals surface area (Å²) in [6.45, 7) is 7.58. The number of hydrogen-bond acceptors (Lipinski definition) is 10. The first-order valence-electron chi connectivity index (χ1n) is 22.9. The zero-order valence-electron chi connectivity index (χ0n) is 36.5. The van der Waals surface area contributed by atoms with Crippen LogP contribution < -0.4 is 26.8 Å². The summed E-state index contributed by atoms with van der Waals surface area (Å²) in [4.78, 5) is 66.3. The van der Waals surface area contributed by atoms with Gasteiger partial charge in [0.1, 0.15) is 18.0 Å². The van der Waals surface area contributed by atoms with E-state index in [0.29, 0.717) is 28.2 Å². The fourth-order valence-electron chi connectivity index (χ4n) is 11.0. The van der Waals surface area contributed by atoms with E-state index in [9.17, 15) is 19.2 Å². The molecule has 2 aliphatic heterocycles. The van der Waals surface area contributed by atoms with Gasteiger partial charge in [-0.3, -0.25) is 23.3 Å². The number of nitrogens with one attached hydrogen (secondary N) is 2. The monoisotopic (exact) mass is 859 g/mol. The number of para-hydroxylation sites is 1. The Bertz CT molecular complexity index is 2550. The van der Waals surface area contributed by atoms with E-state index in [2.05, 4.69) is 56.6 Å². The van der Waals surface area contributed by atoms with Crippen LogP contribution in [0, 0.1) is 18.3 Å². The lowest BCUT2D eigenvalue weighted by Gasteiger charge is -2.52. The first-order chi connectivity index (χ1) is 30.1. The van der Waals surface area contributed by atoms with Crippen LogP contribution in [0.25, 0.3) is 22.1 Å². The lowest BCUT2D eigenvalue weighted by Crippen LogP contribution is -2.48. The topological polar surface area (TPSA) is 139 Å². The lowest BCUT2D eigenvalue weighted by molar-refractivity contribution is -0.124. The van der Waals surface area contributed by atoms with Gasteiger partial charge in [0.25, 0.3) is 5.56 Å². The highest BCUT2D eigenvalue weighted by Gasteiger charge is 2.46. The van der Waals surface area contributed by atoms with Crippen molar-refractivity contribution in [3.63, 3.8) is 0 Å². The van der Waals surface area contributed by atoms with Crippen molar-refractivity contribution in [3.8, 4) is 0 Å². The number of fused-ring (bicyclic) bond motifs is 2. The minimum absolute atomic E-state index is 0.0141. The van der Waals surface area contributed by atoms with Gasteiger partial charge >= 0.3 is 5.69 Å². The molecule has 2 aliphatic carbocycles. The highest BCUT2D eigenvalue weighted by atomic mass is 32.2. The fraction of sp³-hybridized carbons (Fsp3) is 0.542. The van der Waals surface area contributed by atoms with Gasteiger partial charge in [-0.05, 0) is 144 Å².